The zero-order chi connectivity index (χ0) is 14.8. The second-order valence-electron chi connectivity index (χ2n) is 6.18. The number of amides is 1. The quantitative estimate of drug-likeness (QED) is 0.870. The van der Waals surface area contributed by atoms with Crippen molar-refractivity contribution < 1.29 is 9.53 Å². The molecule has 2 unspecified atom stereocenters. The van der Waals surface area contributed by atoms with Gasteiger partial charge >= 0.3 is 0 Å². The molecule has 0 bridgehead atoms. The number of ether oxygens (including phenoxy) is 1. The van der Waals surface area contributed by atoms with Crippen LogP contribution < -0.4 is 10.6 Å². The summed E-state index contributed by atoms with van der Waals surface area (Å²) in [4.78, 5) is 14.5. The first-order valence-corrected chi connectivity index (χ1v) is 7.98. The van der Waals surface area contributed by atoms with Crippen LogP contribution in [0.4, 0.5) is 11.4 Å². The van der Waals surface area contributed by atoms with E-state index in [-0.39, 0.29) is 12.0 Å². The van der Waals surface area contributed by atoms with E-state index in [1.807, 2.05) is 23.1 Å². The van der Waals surface area contributed by atoms with Crippen molar-refractivity contribution in [3.8, 4) is 0 Å². The minimum Gasteiger partial charge on any atom is -0.398 e. The van der Waals surface area contributed by atoms with Gasteiger partial charge in [-0.1, -0.05) is 6.07 Å². The Balaban J connectivity index is 1.65. The summed E-state index contributed by atoms with van der Waals surface area (Å²) >= 11 is 0. The van der Waals surface area contributed by atoms with Gasteiger partial charge in [0, 0.05) is 24.3 Å². The van der Waals surface area contributed by atoms with Crippen LogP contribution in [-0.2, 0) is 16.0 Å². The van der Waals surface area contributed by atoms with Crippen molar-refractivity contribution in [1.82, 2.24) is 0 Å². The van der Waals surface area contributed by atoms with Crippen molar-refractivity contribution in [1.29, 1.82) is 0 Å². The van der Waals surface area contributed by atoms with E-state index in [0.717, 1.165) is 55.6 Å². The molecule has 0 aliphatic carbocycles. The Morgan fingerprint density at radius 1 is 1.43 bits per heavy atom. The van der Waals surface area contributed by atoms with Gasteiger partial charge in [-0.15, -0.1) is 0 Å². The maximum absolute atomic E-state index is 12.5. The maximum Gasteiger partial charge on any atom is 0.227 e. The molecule has 0 spiro atoms. The molecule has 0 saturated carbocycles. The zero-order valence-electron chi connectivity index (χ0n) is 12.7. The van der Waals surface area contributed by atoms with Gasteiger partial charge in [-0.25, -0.2) is 0 Å². The van der Waals surface area contributed by atoms with E-state index in [9.17, 15) is 4.79 Å². The average molecular weight is 288 g/mol. The maximum atomic E-state index is 12.5. The molecule has 1 saturated heterocycles. The predicted molar refractivity (Wildman–Crippen MR) is 84.3 cm³/mol. The highest BCUT2D eigenvalue weighted by atomic mass is 16.5. The van der Waals surface area contributed by atoms with Crippen LogP contribution in [0.25, 0.3) is 0 Å². The number of fused-ring (bicyclic) bond motifs is 1. The second-order valence-corrected chi connectivity index (χ2v) is 6.18. The predicted octanol–water partition coefficient (Wildman–Crippen LogP) is 2.90. The lowest BCUT2D eigenvalue weighted by molar-refractivity contribution is -0.119. The normalized spacial score (nSPS) is 24.9. The molecule has 2 N–H and O–H groups in total. The molecule has 0 aromatic heterocycles. The first kappa shape index (κ1) is 14.4. The molecule has 21 heavy (non-hydrogen) atoms. The summed E-state index contributed by atoms with van der Waals surface area (Å²) in [5, 5.41) is 0. The number of carbonyl (C=O) groups excluding carboxylic acids is 1. The molecule has 1 aromatic carbocycles. The summed E-state index contributed by atoms with van der Waals surface area (Å²) in [7, 11) is 0. The topological polar surface area (TPSA) is 55.6 Å². The van der Waals surface area contributed by atoms with E-state index < -0.39 is 0 Å². The molecule has 1 amide bonds. The lowest BCUT2D eigenvalue weighted by Crippen LogP contribution is -2.36. The van der Waals surface area contributed by atoms with Gasteiger partial charge in [-0.05, 0) is 56.7 Å². The molecule has 2 atom stereocenters. The van der Waals surface area contributed by atoms with E-state index in [1.54, 1.807) is 0 Å². The van der Waals surface area contributed by atoms with Gasteiger partial charge in [0.15, 0.2) is 0 Å². The summed E-state index contributed by atoms with van der Waals surface area (Å²) < 4.78 is 5.80. The van der Waals surface area contributed by atoms with E-state index in [4.69, 9.17) is 10.5 Å². The van der Waals surface area contributed by atoms with Crippen molar-refractivity contribution >= 4 is 17.3 Å². The van der Waals surface area contributed by atoms with Crippen molar-refractivity contribution in [3.05, 3.63) is 23.8 Å². The number of benzene rings is 1. The van der Waals surface area contributed by atoms with Gasteiger partial charge in [0.25, 0.3) is 0 Å². The van der Waals surface area contributed by atoms with Crippen molar-refractivity contribution in [2.24, 2.45) is 0 Å². The molecule has 4 nitrogen and oxygen atoms in total. The van der Waals surface area contributed by atoms with Crippen LogP contribution in [0, 0.1) is 0 Å². The molecule has 2 heterocycles. The van der Waals surface area contributed by atoms with E-state index in [2.05, 4.69) is 6.92 Å². The molecule has 2 aliphatic rings. The van der Waals surface area contributed by atoms with Crippen molar-refractivity contribution in [3.63, 3.8) is 0 Å². The number of hydrogen-bond acceptors (Lipinski definition) is 3. The molecular formula is C17H24N2O2. The SMILES string of the molecule is CC1CCC(CCC(=O)N2CCCc3c(N)cccc32)O1. The van der Waals surface area contributed by atoms with Crippen LogP contribution in [0.2, 0.25) is 0 Å². The number of hydrogen-bond donors (Lipinski definition) is 1. The van der Waals surface area contributed by atoms with Crippen molar-refractivity contribution in [2.75, 3.05) is 17.2 Å². The summed E-state index contributed by atoms with van der Waals surface area (Å²) in [6.45, 7) is 2.91. The van der Waals surface area contributed by atoms with Crippen LogP contribution >= 0.6 is 0 Å². The fourth-order valence-corrected chi connectivity index (χ4v) is 3.43. The minimum absolute atomic E-state index is 0.199. The highest BCUT2D eigenvalue weighted by Gasteiger charge is 2.26. The van der Waals surface area contributed by atoms with Crippen LogP contribution in [-0.4, -0.2) is 24.7 Å². The van der Waals surface area contributed by atoms with E-state index in [1.165, 1.54) is 0 Å². The van der Waals surface area contributed by atoms with Gasteiger partial charge < -0.3 is 15.4 Å². The van der Waals surface area contributed by atoms with E-state index >= 15 is 0 Å². The Hall–Kier alpha value is -1.55. The Bertz CT molecular complexity index is 530. The number of nitrogens with two attached hydrogens (primary N) is 1. The molecule has 1 fully saturated rings. The monoisotopic (exact) mass is 288 g/mol. The zero-order valence-corrected chi connectivity index (χ0v) is 12.7. The number of nitrogen functional groups attached to an aromatic ring is 1. The fourth-order valence-electron chi connectivity index (χ4n) is 3.43. The fraction of sp³-hybridized carbons (Fsp3) is 0.588. The van der Waals surface area contributed by atoms with E-state index in [0.29, 0.717) is 12.5 Å². The van der Waals surface area contributed by atoms with Gasteiger partial charge in [0.05, 0.1) is 12.2 Å². The summed E-state index contributed by atoms with van der Waals surface area (Å²) in [6.07, 6.45) is 6.15. The number of carbonyl (C=O) groups is 1. The molecular weight excluding hydrogens is 264 g/mol. The largest absolute Gasteiger partial charge is 0.398 e. The van der Waals surface area contributed by atoms with Crippen LogP contribution in [0.1, 0.15) is 44.6 Å². The van der Waals surface area contributed by atoms with Gasteiger partial charge in [-0.3, -0.25) is 4.79 Å². The third-order valence-corrected chi connectivity index (χ3v) is 4.59. The first-order valence-electron chi connectivity index (χ1n) is 7.98. The van der Waals surface area contributed by atoms with Gasteiger partial charge in [-0.2, -0.15) is 0 Å². The summed E-state index contributed by atoms with van der Waals surface area (Å²) in [5.74, 6) is 0.199. The van der Waals surface area contributed by atoms with Gasteiger partial charge in [0.1, 0.15) is 0 Å². The first-order chi connectivity index (χ1) is 10.1. The molecule has 1 aromatic rings. The molecule has 114 valence electrons. The summed E-state index contributed by atoms with van der Waals surface area (Å²) in [6, 6.07) is 5.86. The summed E-state index contributed by atoms with van der Waals surface area (Å²) in [5.41, 5.74) is 8.97. The Morgan fingerprint density at radius 3 is 3.05 bits per heavy atom. The third kappa shape index (κ3) is 3.05. The highest BCUT2D eigenvalue weighted by Crippen LogP contribution is 2.32. The number of rotatable bonds is 3. The number of anilines is 2. The molecule has 4 heteroatoms. The van der Waals surface area contributed by atoms with Gasteiger partial charge in [0.2, 0.25) is 5.91 Å². The van der Waals surface area contributed by atoms with Crippen LogP contribution in [0.3, 0.4) is 0 Å². The van der Waals surface area contributed by atoms with Crippen LogP contribution in [0.5, 0.6) is 0 Å². The van der Waals surface area contributed by atoms with Crippen molar-refractivity contribution in [2.45, 2.75) is 57.7 Å². The second kappa shape index (κ2) is 6.06. The Kier molecular flexibility index (Phi) is 4.15. The Morgan fingerprint density at radius 2 is 2.29 bits per heavy atom. The minimum atomic E-state index is 0.199. The smallest absolute Gasteiger partial charge is 0.227 e. The average Bonchev–Trinajstić information content (AvgIpc) is 2.90. The van der Waals surface area contributed by atoms with Crippen LogP contribution in [0.15, 0.2) is 18.2 Å². The Labute approximate surface area is 126 Å². The molecule has 3 rings (SSSR count). The third-order valence-electron chi connectivity index (χ3n) is 4.59. The number of nitrogens with zero attached hydrogens (tertiary/aromatic N) is 1. The lowest BCUT2D eigenvalue weighted by atomic mass is 9.99. The highest BCUT2D eigenvalue weighted by molar-refractivity contribution is 5.95. The standard InChI is InChI=1S/C17H24N2O2/c1-12-7-8-13(21-12)9-10-17(20)19-11-3-4-14-15(18)5-2-6-16(14)19/h2,5-6,12-13H,3-4,7-11,18H2,1H3. The lowest BCUT2D eigenvalue weighted by Gasteiger charge is -2.30. The molecule has 2 aliphatic heterocycles. The molecule has 0 radical (unpaired) electrons.